The molecular weight excluding hydrogens is 455 g/mol. The van der Waals surface area contributed by atoms with Crippen molar-refractivity contribution < 1.29 is 22.8 Å². The van der Waals surface area contributed by atoms with Crippen LogP contribution in [0.15, 0.2) is 30.5 Å². The summed E-state index contributed by atoms with van der Waals surface area (Å²) in [4.78, 5) is 27.1. The molecule has 2 aliphatic heterocycles. The van der Waals surface area contributed by atoms with Crippen LogP contribution >= 0.6 is 0 Å². The fourth-order valence-electron chi connectivity index (χ4n) is 6.30. The molecule has 0 bridgehead atoms. The molecular formula is C27H34F3N3O2. The fourth-order valence-corrected chi connectivity index (χ4v) is 6.30. The van der Waals surface area contributed by atoms with E-state index in [1.54, 1.807) is 4.90 Å². The van der Waals surface area contributed by atoms with Gasteiger partial charge in [-0.25, -0.2) is 13.2 Å². The lowest BCUT2D eigenvalue weighted by Crippen LogP contribution is -2.49. The van der Waals surface area contributed by atoms with Gasteiger partial charge in [-0.1, -0.05) is 18.7 Å². The van der Waals surface area contributed by atoms with Crippen molar-refractivity contribution in [2.45, 2.75) is 101 Å². The molecule has 3 fully saturated rings. The Hall–Kier alpha value is -2.35. The third-order valence-corrected chi connectivity index (χ3v) is 8.28. The minimum absolute atomic E-state index is 0.0576. The summed E-state index contributed by atoms with van der Waals surface area (Å²) >= 11 is 0. The van der Waals surface area contributed by atoms with Gasteiger partial charge in [-0.05, 0) is 74.5 Å². The number of alkyl halides is 3. The first-order chi connectivity index (χ1) is 16.7. The van der Waals surface area contributed by atoms with E-state index in [1.807, 2.05) is 18.2 Å². The number of benzene rings is 1. The molecule has 0 aromatic heterocycles. The highest BCUT2D eigenvalue weighted by atomic mass is 19.3. The number of allylic oxidation sites excluding steroid dienone is 1. The maximum Gasteiger partial charge on any atom is 0.255 e. The minimum Gasteiger partial charge on any atom is -0.329 e. The van der Waals surface area contributed by atoms with Gasteiger partial charge in [0.15, 0.2) is 0 Å². The van der Waals surface area contributed by atoms with Gasteiger partial charge in [-0.3, -0.25) is 9.59 Å². The molecule has 190 valence electrons. The maximum absolute atomic E-state index is 14.4. The second kappa shape index (κ2) is 9.60. The van der Waals surface area contributed by atoms with Gasteiger partial charge in [0, 0.05) is 42.7 Å². The molecule has 2 saturated carbocycles. The van der Waals surface area contributed by atoms with Crippen LogP contribution in [0.4, 0.5) is 13.2 Å². The Morgan fingerprint density at radius 3 is 2.63 bits per heavy atom. The van der Waals surface area contributed by atoms with Crippen molar-refractivity contribution in [2.75, 3.05) is 0 Å². The van der Waals surface area contributed by atoms with E-state index in [4.69, 9.17) is 0 Å². The lowest BCUT2D eigenvalue weighted by Gasteiger charge is -2.38. The number of hydrogen-bond acceptors (Lipinski definition) is 3. The molecule has 2 aliphatic carbocycles. The average molecular weight is 490 g/mol. The number of carbonyl (C=O) groups is 2. The minimum atomic E-state index is -2.56. The van der Waals surface area contributed by atoms with Crippen molar-refractivity contribution in [1.82, 2.24) is 15.5 Å². The summed E-state index contributed by atoms with van der Waals surface area (Å²) in [6.07, 6.45) is 3.44. The Kier molecular flexibility index (Phi) is 6.68. The molecule has 0 radical (unpaired) electrons. The first-order valence-electron chi connectivity index (χ1n) is 12.9. The van der Waals surface area contributed by atoms with E-state index in [1.165, 1.54) is 0 Å². The number of halogens is 3. The molecule has 0 spiro atoms. The van der Waals surface area contributed by atoms with Crippen molar-refractivity contribution in [3.8, 4) is 0 Å². The van der Waals surface area contributed by atoms with Crippen molar-refractivity contribution >= 4 is 11.8 Å². The third kappa shape index (κ3) is 5.27. The molecule has 35 heavy (non-hydrogen) atoms. The standard InChI is InChI=1S/C27H34F3N3O2/c1-16-2-7-24(25(34)31-16)33-15-19-13-17(3-5-22(19)26(33)35)12-18-14-20(28)4-6-23(18)32-21-8-10-27(29,30)11-9-21/h3,5,13,18,20-21,23-24,32H,1-2,4,6-12,14-15H2,(H,31,34)/t18-,20-,23-,24?/m0/s1. The SMILES string of the molecule is C=C1CCC(N2Cc3cc(C[C@H]4C[C@@H](F)CC[C@@H]4NC4CCC(F)(F)CC4)ccc3C2=O)C(=O)N1. The molecule has 1 aromatic rings. The van der Waals surface area contributed by atoms with Crippen LogP contribution < -0.4 is 10.6 Å². The molecule has 1 unspecified atom stereocenters. The second-order valence-corrected chi connectivity index (χ2v) is 10.8. The van der Waals surface area contributed by atoms with Gasteiger partial charge in [0.2, 0.25) is 11.8 Å². The lowest BCUT2D eigenvalue weighted by atomic mass is 9.78. The van der Waals surface area contributed by atoms with Crippen LogP contribution in [-0.4, -0.2) is 46.9 Å². The van der Waals surface area contributed by atoms with E-state index in [0.29, 0.717) is 69.2 Å². The number of carbonyl (C=O) groups excluding carboxylic acids is 2. The Morgan fingerprint density at radius 1 is 1.11 bits per heavy atom. The summed E-state index contributed by atoms with van der Waals surface area (Å²) in [5, 5.41) is 6.35. The number of nitrogens with zero attached hydrogens (tertiary/aromatic N) is 1. The Balaban J connectivity index is 1.26. The van der Waals surface area contributed by atoms with E-state index >= 15 is 0 Å². The van der Waals surface area contributed by atoms with Crippen molar-refractivity contribution in [3.63, 3.8) is 0 Å². The molecule has 5 rings (SSSR count). The van der Waals surface area contributed by atoms with Crippen molar-refractivity contribution in [3.05, 3.63) is 47.2 Å². The van der Waals surface area contributed by atoms with E-state index < -0.39 is 18.1 Å². The monoisotopic (exact) mass is 489 g/mol. The highest BCUT2D eigenvalue weighted by Crippen LogP contribution is 2.36. The van der Waals surface area contributed by atoms with E-state index in [9.17, 15) is 22.8 Å². The van der Waals surface area contributed by atoms with E-state index in [2.05, 4.69) is 17.2 Å². The summed E-state index contributed by atoms with van der Waals surface area (Å²) in [6, 6.07) is 5.45. The Bertz CT molecular complexity index is 1000. The number of piperidine rings is 1. The zero-order chi connectivity index (χ0) is 24.7. The van der Waals surface area contributed by atoms with Gasteiger partial charge < -0.3 is 15.5 Å². The molecule has 2 heterocycles. The average Bonchev–Trinajstić information content (AvgIpc) is 3.12. The normalized spacial score (nSPS) is 31.4. The van der Waals surface area contributed by atoms with Gasteiger partial charge in [-0.15, -0.1) is 0 Å². The van der Waals surface area contributed by atoms with Crippen LogP contribution in [0.5, 0.6) is 0 Å². The highest BCUT2D eigenvalue weighted by Gasteiger charge is 2.40. The first kappa shape index (κ1) is 24.3. The van der Waals surface area contributed by atoms with E-state index in [0.717, 1.165) is 11.1 Å². The summed E-state index contributed by atoms with van der Waals surface area (Å²) in [7, 11) is 0. The fraction of sp³-hybridized carbons (Fsp3) is 0.630. The van der Waals surface area contributed by atoms with Gasteiger partial charge in [0.25, 0.3) is 5.91 Å². The van der Waals surface area contributed by atoms with Gasteiger partial charge in [0.05, 0.1) is 0 Å². The number of hydrogen-bond donors (Lipinski definition) is 2. The number of fused-ring (bicyclic) bond motifs is 1. The number of rotatable bonds is 5. The zero-order valence-electron chi connectivity index (χ0n) is 20.0. The molecule has 2 amide bonds. The summed E-state index contributed by atoms with van der Waals surface area (Å²) < 4.78 is 41.5. The summed E-state index contributed by atoms with van der Waals surface area (Å²) in [5.74, 6) is -2.80. The van der Waals surface area contributed by atoms with Gasteiger partial charge >= 0.3 is 0 Å². The molecule has 2 N–H and O–H groups in total. The van der Waals surface area contributed by atoms with Crippen molar-refractivity contribution in [2.24, 2.45) is 5.92 Å². The Labute approximate surface area is 204 Å². The maximum atomic E-state index is 14.4. The second-order valence-electron chi connectivity index (χ2n) is 10.8. The molecule has 4 atom stereocenters. The highest BCUT2D eigenvalue weighted by molar-refractivity contribution is 6.01. The quantitative estimate of drug-likeness (QED) is 0.633. The van der Waals surface area contributed by atoms with Crippen LogP contribution in [0.2, 0.25) is 0 Å². The molecule has 4 aliphatic rings. The van der Waals surface area contributed by atoms with Gasteiger partial charge in [-0.2, -0.15) is 0 Å². The predicted octanol–water partition coefficient (Wildman–Crippen LogP) is 4.65. The molecule has 1 aromatic carbocycles. The lowest BCUT2D eigenvalue weighted by molar-refractivity contribution is -0.126. The van der Waals surface area contributed by atoms with Gasteiger partial charge in [0.1, 0.15) is 12.2 Å². The Morgan fingerprint density at radius 2 is 1.89 bits per heavy atom. The topological polar surface area (TPSA) is 61.4 Å². The zero-order valence-corrected chi connectivity index (χ0v) is 20.0. The van der Waals surface area contributed by atoms with Crippen LogP contribution in [-0.2, 0) is 17.8 Å². The van der Waals surface area contributed by atoms with Crippen molar-refractivity contribution in [1.29, 1.82) is 0 Å². The molecule has 5 nitrogen and oxygen atoms in total. The number of amides is 2. The third-order valence-electron chi connectivity index (χ3n) is 8.28. The largest absolute Gasteiger partial charge is 0.329 e. The number of nitrogens with one attached hydrogen (secondary N) is 2. The smallest absolute Gasteiger partial charge is 0.255 e. The summed E-state index contributed by atoms with van der Waals surface area (Å²) in [5.41, 5.74) is 3.24. The first-order valence-corrected chi connectivity index (χ1v) is 12.9. The predicted molar refractivity (Wildman–Crippen MR) is 127 cm³/mol. The van der Waals surface area contributed by atoms with Crippen LogP contribution in [0, 0.1) is 5.92 Å². The molecule has 8 heteroatoms. The molecule has 1 saturated heterocycles. The van der Waals surface area contributed by atoms with Crippen LogP contribution in [0.3, 0.4) is 0 Å². The van der Waals surface area contributed by atoms with Crippen LogP contribution in [0.25, 0.3) is 0 Å². The summed E-state index contributed by atoms with van der Waals surface area (Å²) in [6.45, 7) is 4.19. The van der Waals surface area contributed by atoms with Crippen LogP contribution in [0.1, 0.15) is 79.3 Å². The van der Waals surface area contributed by atoms with E-state index in [-0.39, 0.29) is 42.7 Å².